The number of β-amino-alcohol motifs (C(OH)–C–C–N with tert-alkyl or cyclic N) is 1. The highest BCUT2D eigenvalue weighted by atomic mass is 32.2. The van der Waals surface area contributed by atoms with E-state index in [4.69, 9.17) is 10.5 Å². The molecule has 1 aliphatic rings. The molecule has 1 atom stereocenters. The van der Waals surface area contributed by atoms with E-state index in [9.17, 15) is 13.5 Å². The van der Waals surface area contributed by atoms with Crippen LogP contribution in [-0.2, 0) is 10.0 Å². The Labute approximate surface area is 112 Å². The van der Waals surface area contributed by atoms with E-state index in [1.807, 2.05) is 0 Å². The van der Waals surface area contributed by atoms with E-state index in [2.05, 4.69) is 0 Å². The van der Waals surface area contributed by atoms with Crippen LogP contribution in [0.2, 0.25) is 0 Å². The predicted octanol–water partition coefficient (Wildman–Crippen LogP) is 0.0440. The Morgan fingerprint density at radius 3 is 2.79 bits per heavy atom. The molecule has 1 fully saturated rings. The molecule has 19 heavy (non-hydrogen) atoms. The number of nitrogen functional groups attached to an aromatic ring is 1. The molecule has 0 amide bonds. The number of hydrogen-bond donors (Lipinski definition) is 2. The largest absolute Gasteiger partial charge is 0.490 e. The van der Waals surface area contributed by atoms with Crippen molar-refractivity contribution in [2.24, 2.45) is 0 Å². The van der Waals surface area contributed by atoms with Gasteiger partial charge < -0.3 is 15.6 Å². The second-order valence-corrected chi connectivity index (χ2v) is 6.59. The van der Waals surface area contributed by atoms with Crippen LogP contribution >= 0.6 is 0 Å². The van der Waals surface area contributed by atoms with Crippen molar-refractivity contribution >= 4 is 15.7 Å². The van der Waals surface area contributed by atoms with E-state index in [1.54, 1.807) is 24.3 Å². The number of anilines is 1. The molecule has 7 heteroatoms. The first-order valence-corrected chi connectivity index (χ1v) is 7.73. The second kappa shape index (κ2) is 5.77. The molecular weight excluding hydrogens is 268 g/mol. The lowest BCUT2D eigenvalue weighted by molar-refractivity contribution is 0.189. The van der Waals surface area contributed by atoms with Gasteiger partial charge in [0.25, 0.3) is 0 Å². The Morgan fingerprint density at radius 2 is 2.16 bits per heavy atom. The van der Waals surface area contributed by atoms with Crippen LogP contribution < -0.4 is 10.5 Å². The second-order valence-electron chi connectivity index (χ2n) is 4.50. The van der Waals surface area contributed by atoms with E-state index in [0.29, 0.717) is 24.4 Å². The molecule has 0 spiro atoms. The molecule has 0 aromatic heterocycles. The summed E-state index contributed by atoms with van der Waals surface area (Å²) in [7, 11) is -3.37. The quantitative estimate of drug-likeness (QED) is 0.746. The average Bonchev–Trinajstić information content (AvgIpc) is 2.79. The Balaban J connectivity index is 1.87. The first-order valence-electron chi connectivity index (χ1n) is 6.12. The summed E-state index contributed by atoms with van der Waals surface area (Å²) >= 11 is 0. The molecule has 106 valence electrons. The third-order valence-electron chi connectivity index (χ3n) is 3.04. The lowest BCUT2D eigenvalue weighted by Gasteiger charge is -2.16. The van der Waals surface area contributed by atoms with Gasteiger partial charge >= 0.3 is 0 Å². The Hall–Kier alpha value is -1.31. The number of nitrogens with two attached hydrogens (primary N) is 1. The summed E-state index contributed by atoms with van der Waals surface area (Å²) < 4.78 is 30.6. The van der Waals surface area contributed by atoms with Gasteiger partial charge in [-0.2, -0.15) is 4.31 Å². The van der Waals surface area contributed by atoms with Crippen LogP contribution in [0, 0.1) is 0 Å². The van der Waals surface area contributed by atoms with Crippen molar-refractivity contribution in [3.8, 4) is 5.75 Å². The van der Waals surface area contributed by atoms with E-state index in [-0.39, 0.29) is 18.9 Å². The lowest BCUT2D eigenvalue weighted by Crippen LogP contribution is -2.33. The van der Waals surface area contributed by atoms with Crippen molar-refractivity contribution in [2.45, 2.75) is 12.5 Å². The van der Waals surface area contributed by atoms with Crippen molar-refractivity contribution in [3.63, 3.8) is 0 Å². The van der Waals surface area contributed by atoms with Crippen molar-refractivity contribution in [1.29, 1.82) is 0 Å². The number of para-hydroxylation sites is 2. The topological polar surface area (TPSA) is 92.9 Å². The maximum absolute atomic E-state index is 12.0. The molecule has 0 aliphatic carbocycles. The summed E-state index contributed by atoms with van der Waals surface area (Å²) in [5.41, 5.74) is 6.18. The van der Waals surface area contributed by atoms with Crippen molar-refractivity contribution in [2.75, 3.05) is 31.2 Å². The lowest BCUT2D eigenvalue weighted by atomic mass is 10.3. The summed E-state index contributed by atoms with van der Waals surface area (Å²) in [6.45, 7) is 0.593. The van der Waals surface area contributed by atoms with Crippen LogP contribution in [0.1, 0.15) is 6.42 Å². The fourth-order valence-electron chi connectivity index (χ4n) is 1.96. The summed E-state index contributed by atoms with van der Waals surface area (Å²) in [6.07, 6.45) is -0.0633. The normalized spacial score (nSPS) is 20.6. The minimum absolute atomic E-state index is 0.0448. The highest BCUT2D eigenvalue weighted by Crippen LogP contribution is 2.20. The highest BCUT2D eigenvalue weighted by molar-refractivity contribution is 7.89. The van der Waals surface area contributed by atoms with Gasteiger partial charge in [-0.15, -0.1) is 0 Å². The zero-order valence-corrected chi connectivity index (χ0v) is 11.3. The maximum atomic E-state index is 12.0. The molecule has 3 N–H and O–H groups in total. The van der Waals surface area contributed by atoms with Crippen molar-refractivity contribution in [3.05, 3.63) is 24.3 Å². The van der Waals surface area contributed by atoms with Gasteiger partial charge in [0.1, 0.15) is 12.4 Å². The Bertz CT molecular complexity index is 532. The number of rotatable bonds is 5. The van der Waals surface area contributed by atoms with Gasteiger partial charge in [-0.1, -0.05) is 12.1 Å². The fraction of sp³-hybridized carbons (Fsp3) is 0.500. The SMILES string of the molecule is Nc1ccccc1OCCS(=O)(=O)N1CC[C@H](O)C1. The summed E-state index contributed by atoms with van der Waals surface area (Å²) in [6, 6.07) is 6.95. The van der Waals surface area contributed by atoms with Gasteiger partial charge in [-0.25, -0.2) is 8.42 Å². The zero-order valence-electron chi connectivity index (χ0n) is 10.5. The van der Waals surface area contributed by atoms with Gasteiger partial charge in [-0.3, -0.25) is 0 Å². The number of aliphatic hydroxyl groups excluding tert-OH is 1. The highest BCUT2D eigenvalue weighted by Gasteiger charge is 2.29. The molecule has 1 aliphatic heterocycles. The van der Waals surface area contributed by atoms with Crippen LogP contribution in [0.4, 0.5) is 5.69 Å². The molecule has 2 rings (SSSR count). The first kappa shape index (κ1) is 14.1. The molecule has 1 saturated heterocycles. The van der Waals surface area contributed by atoms with Crippen LogP contribution in [0.25, 0.3) is 0 Å². The maximum Gasteiger partial charge on any atom is 0.217 e. The summed E-state index contributed by atoms with van der Waals surface area (Å²) in [4.78, 5) is 0. The molecule has 0 saturated carbocycles. The molecule has 6 nitrogen and oxygen atoms in total. The monoisotopic (exact) mass is 286 g/mol. The average molecular weight is 286 g/mol. The predicted molar refractivity (Wildman–Crippen MR) is 72.3 cm³/mol. The third kappa shape index (κ3) is 3.59. The van der Waals surface area contributed by atoms with Gasteiger partial charge in [0.15, 0.2) is 0 Å². The zero-order chi connectivity index (χ0) is 13.9. The van der Waals surface area contributed by atoms with Crippen LogP contribution in [-0.4, -0.2) is 49.4 Å². The van der Waals surface area contributed by atoms with Gasteiger partial charge in [0.05, 0.1) is 17.5 Å². The van der Waals surface area contributed by atoms with Crippen LogP contribution in [0.3, 0.4) is 0 Å². The number of benzene rings is 1. The molecule has 1 heterocycles. The fourth-order valence-corrected chi connectivity index (χ4v) is 3.30. The number of aliphatic hydroxyl groups is 1. The van der Waals surface area contributed by atoms with Crippen molar-refractivity contribution in [1.82, 2.24) is 4.31 Å². The Morgan fingerprint density at radius 1 is 1.42 bits per heavy atom. The molecule has 0 radical (unpaired) electrons. The molecular formula is C12H18N2O4S. The van der Waals surface area contributed by atoms with E-state index >= 15 is 0 Å². The van der Waals surface area contributed by atoms with E-state index in [1.165, 1.54) is 4.31 Å². The minimum atomic E-state index is -3.37. The smallest absolute Gasteiger partial charge is 0.217 e. The molecule has 1 aromatic carbocycles. The standard InChI is InChI=1S/C12H18N2O4S/c13-11-3-1-2-4-12(11)18-7-8-19(16,17)14-6-5-10(15)9-14/h1-4,10,15H,5-9,13H2/t10-/m0/s1. The first-order chi connectivity index (χ1) is 8.99. The van der Waals surface area contributed by atoms with Gasteiger partial charge in [-0.05, 0) is 18.6 Å². The van der Waals surface area contributed by atoms with Gasteiger partial charge in [0.2, 0.25) is 10.0 Å². The van der Waals surface area contributed by atoms with Crippen LogP contribution in [0.15, 0.2) is 24.3 Å². The minimum Gasteiger partial charge on any atom is -0.490 e. The third-order valence-corrected chi connectivity index (χ3v) is 4.84. The number of nitrogens with zero attached hydrogens (tertiary/aromatic N) is 1. The summed E-state index contributed by atoms with van der Waals surface area (Å²) in [5.74, 6) is 0.368. The van der Waals surface area contributed by atoms with E-state index < -0.39 is 16.1 Å². The van der Waals surface area contributed by atoms with E-state index in [0.717, 1.165) is 0 Å². The summed E-state index contributed by atoms with van der Waals surface area (Å²) in [5, 5.41) is 9.35. The molecule has 1 aromatic rings. The number of ether oxygens (including phenoxy) is 1. The van der Waals surface area contributed by atoms with Crippen molar-refractivity contribution < 1.29 is 18.3 Å². The Kier molecular flexibility index (Phi) is 4.28. The molecule has 0 bridgehead atoms. The van der Waals surface area contributed by atoms with Gasteiger partial charge in [0, 0.05) is 13.1 Å². The molecule has 0 unspecified atom stereocenters. The van der Waals surface area contributed by atoms with Crippen LogP contribution in [0.5, 0.6) is 5.75 Å². The number of sulfonamides is 1. The number of hydrogen-bond acceptors (Lipinski definition) is 5.